The van der Waals surface area contributed by atoms with Gasteiger partial charge < -0.3 is 19.0 Å². The van der Waals surface area contributed by atoms with Crippen molar-refractivity contribution in [3.8, 4) is 21.9 Å². The molecular weight excluding hydrogens is 466 g/mol. The van der Waals surface area contributed by atoms with Crippen LogP contribution in [0.3, 0.4) is 0 Å². The standard InChI is InChI=1S/C27H19NO6S/c1-32-24-13-23(33-14-27(30)31)17(10-19(24)26-12-18-4-2-3-5-25(18)35-26)6-8-21(29)16-7-9-22-20(11-16)28-15-34-22/h2-13,15H,14H2,1H3,(H,30,31)/b8-6+. The monoisotopic (exact) mass is 485 g/mol. The van der Waals surface area contributed by atoms with Gasteiger partial charge in [-0.25, -0.2) is 9.78 Å². The second kappa shape index (κ2) is 9.44. The maximum Gasteiger partial charge on any atom is 0.341 e. The maximum absolute atomic E-state index is 12.9. The summed E-state index contributed by atoms with van der Waals surface area (Å²) in [5.41, 5.74) is 3.00. The van der Waals surface area contributed by atoms with E-state index >= 15 is 0 Å². The number of rotatable bonds is 8. The normalized spacial score (nSPS) is 11.3. The third kappa shape index (κ3) is 4.64. The second-order valence-corrected chi connectivity index (χ2v) is 8.74. The molecule has 1 N–H and O–H groups in total. The highest BCUT2D eigenvalue weighted by Gasteiger charge is 2.16. The Bertz CT molecular complexity index is 1560. The quantitative estimate of drug-likeness (QED) is 0.210. The molecule has 0 aliphatic carbocycles. The molecule has 35 heavy (non-hydrogen) atoms. The summed E-state index contributed by atoms with van der Waals surface area (Å²) in [6, 6.07) is 18.6. The molecule has 5 rings (SSSR count). The number of methoxy groups -OCH3 is 1. The number of hydrogen-bond acceptors (Lipinski definition) is 7. The fraction of sp³-hybridized carbons (Fsp3) is 0.0741. The molecule has 2 heterocycles. The molecule has 0 spiro atoms. The number of aromatic nitrogens is 1. The Morgan fingerprint density at radius 1 is 1.09 bits per heavy atom. The molecule has 174 valence electrons. The first-order valence-corrected chi connectivity index (χ1v) is 11.4. The van der Waals surface area contributed by atoms with E-state index < -0.39 is 12.6 Å². The SMILES string of the molecule is COc1cc(OCC(=O)O)c(/C=C/C(=O)c2ccc3ocnc3c2)cc1-c1cc2ccccc2s1. The Kier molecular flexibility index (Phi) is 6.03. The number of hydrogen-bond donors (Lipinski definition) is 1. The number of ether oxygens (including phenoxy) is 2. The van der Waals surface area contributed by atoms with Crippen LogP contribution in [0, 0.1) is 0 Å². The first-order chi connectivity index (χ1) is 17.0. The van der Waals surface area contributed by atoms with E-state index in [1.165, 1.54) is 12.5 Å². The summed E-state index contributed by atoms with van der Waals surface area (Å²) in [4.78, 5) is 29.0. The summed E-state index contributed by atoms with van der Waals surface area (Å²) in [5, 5.41) is 10.2. The molecule has 7 nitrogen and oxygen atoms in total. The molecule has 0 aliphatic rings. The average molecular weight is 486 g/mol. The number of carboxylic acid groups (broad SMARTS) is 1. The molecule has 8 heteroatoms. The number of allylic oxidation sites excluding steroid dienone is 1. The lowest BCUT2D eigenvalue weighted by molar-refractivity contribution is -0.139. The topological polar surface area (TPSA) is 98.9 Å². The van der Waals surface area contributed by atoms with Crippen LogP contribution in [-0.2, 0) is 4.79 Å². The molecule has 0 aliphatic heterocycles. The summed E-state index contributed by atoms with van der Waals surface area (Å²) in [5.74, 6) is -0.509. The van der Waals surface area contributed by atoms with Gasteiger partial charge in [0.25, 0.3) is 0 Å². The van der Waals surface area contributed by atoms with Crippen molar-refractivity contribution < 1.29 is 28.6 Å². The number of carbonyl (C=O) groups is 2. The third-order valence-corrected chi connectivity index (χ3v) is 6.55. The number of aliphatic carboxylic acids is 1. The molecule has 0 saturated carbocycles. The number of benzene rings is 3. The van der Waals surface area contributed by atoms with Gasteiger partial charge in [-0.15, -0.1) is 11.3 Å². The van der Waals surface area contributed by atoms with Crippen LogP contribution in [0.4, 0.5) is 0 Å². The van der Waals surface area contributed by atoms with E-state index in [2.05, 4.69) is 11.1 Å². The molecule has 0 bridgehead atoms. The molecule has 5 aromatic rings. The van der Waals surface area contributed by atoms with Gasteiger partial charge in [0.15, 0.2) is 24.4 Å². The van der Waals surface area contributed by atoms with Crippen LogP contribution >= 0.6 is 11.3 Å². The lowest BCUT2D eigenvalue weighted by atomic mass is 10.0. The molecule has 3 aromatic carbocycles. The Morgan fingerprint density at radius 3 is 2.74 bits per heavy atom. The predicted octanol–water partition coefficient (Wildman–Crippen LogP) is 6.08. The smallest absolute Gasteiger partial charge is 0.341 e. The Morgan fingerprint density at radius 2 is 1.94 bits per heavy atom. The van der Waals surface area contributed by atoms with E-state index in [1.807, 2.05) is 30.3 Å². The minimum atomic E-state index is -1.11. The zero-order chi connectivity index (χ0) is 24.4. The first kappa shape index (κ1) is 22.4. The van der Waals surface area contributed by atoms with Crippen LogP contribution in [0.5, 0.6) is 11.5 Å². The van der Waals surface area contributed by atoms with Crippen molar-refractivity contribution in [2.75, 3.05) is 13.7 Å². The highest BCUT2D eigenvalue weighted by atomic mass is 32.1. The summed E-state index contributed by atoms with van der Waals surface area (Å²) in [6.07, 6.45) is 4.36. The van der Waals surface area contributed by atoms with Crippen molar-refractivity contribution in [1.82, 2.24) is 4.98 Å². The zero-order valence-corrected chi connectivity index (χ0v) is 19.4. The fourth-order valence-electron chi connectivity index (χ4n) is 3.72. The third-order valence-electron chi connectivity index (χ3n) is 5.40. The lowest BCUT2D eigenvalue weighted by Crippen LogP contribution is -2.10. The number of ketones is 1. The Balaban J connectivity index is 1.55. The maximum atomic E-state index is 12.9. The van der Waals surface area contributed by atoms with E-state index in [4.69, 9.17) is 19.0 Å². The van der Waals surface area contributed by atoms with E-state index in [1.54, 1.807) is 48.8 Å². The number of fused-ring (bicyclic) bond motifs is 2. The van der Waals surface area contributed by atoms with Gasteiger partial charge in [-0.05, 0) is 53.9 Å². The first-order valence-electron chi connectivity index (χ1n) is 10.6. The van der Waals surface area contributed by atoms with Crippen molar-refractivity contribution >= 4 is 50.4 Å². The van der Waals surface area contributed by atoms with Gasteiger partial charge in [-0.2, -0.15) is 0 Å². The highest BCUT2D eigenvalue weighted by molar-refractivity contribution is 7.22. The number of nitrogens with zero attached hydrogens (tertiary/aromatic N) is 1. The van der Waals surface area contributed by atoms with Crippen LogP contribution in [0.1, 0.15) is 15.9 Å². The largest absolute Gasteiger partial charge is 0.496 e. The zero-order valence-electron chi connectivity index (χ0n) is 18.6. The molecule has 0 saturated heterocycles. The number of carbonyl (C=O) groups excluding carboxylic acids is 1. The van der Waals surface area contributed by atoms with Crippen molar-refractivity contribution in [3.05, 3.63) is 84.3 Å². The van der Waals surface area contributed by atoms with Gasteiger partial charge in [-0.3, -0.25) is 4.79 Å². The predicted molar refractivity (Wildman–Crippen MR) is 134 cm³/mol. The molecule has 0 amide bonds. The van der Waals surface area contributed by atoms with E-state index in [9.17, 15) is 9.59 Å². The lowest BCUT2D eigenvalue weighted by Gasteiger charge is -2.13. The van der Waals surface area contributed by atoms with Crippen molar-refractivity contribution in [1.29, 1.82) is 0 Å². The minimum absolute atomic E-state index is 0.238. The molecule has 0 atom stereocenters. The summed E-state index contributed by atoms with van der Waals surface area (Å²) < 4.78 is 17.5. The summed E-state index contributed by atoms with van der Waals surface area (Å²) >= 11 is 1.61. The summed E-state index contributed by atoms with van der Waals surface area (Å²) in [7, 11) is 1.55. The van der Waals surface area contributed by atoms with Crippen LogP contribution < -0.4 is 9.47 Å². The van der Waals surface area contributed by atoms with Gasteiger partial charge in [0, 0.05) is 32.3 Å². The van der Waals surface area contributed by atoms with Crippen LogP contribution in [0.25, 0.3) is 37.7 Å². The van der Waals surface area contributed by atoms with Gasteiger partial charge in [0.2, 0.25) is 0 Å². The number of carboxylic acids is 1. The molecule has 2 aromatic heterocycles. The molecule has 0 radical (unpaired) electrons. The van der Waals surface area contributed by atoms with Crippen LogP contribution in [0.2, 0.25) is 0 Å². The van der Waals surface area contributed by atoms with Gasteiger partial charge in [0.1, 0.15) is 17.0 Å². The Hall–Kier alpha value is -4.43. The molecular formula is C27H19NO6S. The van der Waals surface area contributed by atoms with E-state index in [-0.39, 0.29) is 5.78 Å². The van der Waals surface area contributed by atoms with Crippen molar-refractivity contribution in [2.24, 2.45) is 0 Å². The summed E-state index contributed by atoms with van der Waals surface area (Å²) in [6.45, 7) is -0.525. The average Bonchev–Trinajstić information content (AvgIpc) is 3.52. The second-order valence-electron chi connectivity index (χ2n) is 7.65. The van der Waals surface area contributed by atoms with Crippen LogP contribution in [0.15, 0.2) is 77.6 Å². The van der Waals surface area contributed by atoms with Gasteiger partial charge >= 0.3 is 5.97 Å². The number of thiophene rings is 1. The highest BCUT2D eigenvalue weighted by Crippen LogP contribution is 2.41. The molecule has 0 unspecified atom stereocenters. The van der Waals surface area contributed by atoms with Gasteiger partial charge in [0.05, 0.1) is 7.11 Å². The number of oxazole rings is 1. The van der Waals surface area contributed by atoms with Crippen LogP contribution in [-0.4, -0.2) is 35.6 Å². The van der Waals surface area contributed by atoms with Crippen molar-refractivity contribution in [2.45, 2.75) is 0 Å². The fourth-order valence-corrected chi connectivity index (χ4v) is 4.81. The van der Waals surface area contributed by atoms with E-state index in [0.717, 1.165) is 20.5 Å². The van der Waals surface area contributed by atoms with E-state index in [0.29, 0.717) is 33.7 Å². The minimum Gasteiger partial charge on any atom is -0.496 e. The van der Waals surface area contributed by atoms with Gasteiger partial charge in [-0.1, -0.05) is 18.2 Å². The molecule has 0 fully saturated rings. The Labute approximate surface area is 203 Å². The van der Waals surface area contributed by atoms with Crippen molar-refractivity contribution in [3.63, 3.8) is 0 Å².